The summed E-state index contributed by atoms with van der Waals surface area (Å²) in [7, 11) is 0. The molecule has 1 N–H and O–H groups in total. The Balaban J connectivity index is 3.85. The van der Waals surface area contributed by atoms with Crippen molar-refractivity contribution in [1.82, 2.24) is 0 Å². The van der Waals surface area contributed by atoms with Gasteiger partial charge in [0.15, 0.2) is 6.10 Å². The molecular formula is C7H14O3. The van der Waals surface area contributed by atoms with Crippen molar-refractivity contribution >= 4 is 5.97 Å². The Kier molecular flexibility index (Phi) is 4.03. The molecule has 0 aliphatic rings. The average Bonchev–Trinajstić information content (AvgIpc) is 1.81. The first-order valence-electron chi connectivity index (χ1n) is 3.44. The summed E-state index contributed by atoms with van der Waals surface area (Å²) >= 11 is 0. The largest absolute Gasteiger partial charge is 0.479 e. The van der Waals surface area contributed by atoms with E-state index in [0.29, 0.717) is 6.61 Å². The summed E-state index contributed by atoms with van der Waals surface area (Å²) in [6.45, 7) is 5.90. The Morgan fingerprint density at radius 1 is 1.60 bits per heavy atom. The lowest BCUT2D eigenvalue weighted by Crippen LogP contribution is -2.29. The van der Waals surface area contributed by atoms with Gasteiger partial charge < -0.3 is 9.84 Å². The van der Waals surface area contributed by atoms with Gasteiger partial charge in [-0.15, -0.1) is 0 Å². The molecule has 0 rings (SSSR count). The zero-order valence-electron chi connectivity index (χ0n) is 6.63. The van der Waals surface area contributed by atoms with E-state index >= 15 is 0 Å². The molecule has 0 spiro atoms. The van der Waals surface area contributed by atoms with Crippen LogP contribution in [0.15, 0.2) is 0 Å². The highest BCUT2D eigenvalue weighted by Gasteiger charge is 2.20. The molecule has 3 heteroatoms. The molecule has 0 aromatic rings. The van der Waals surface area contributed by atoms with E-state index in [9.17, 15) is 4.79 Å². The SMILES string of the molecule is CCO[C@@H](C(=O)O)C(C)C. The zero-order valence-corrected chi connectivity index (χ0v) is 6.63. The van der Waals surface area contributed by atoms with Crippen LogP contribution in [-0.2, 0) is 9.53 Å². The van der Waals surface area contributed by atoms with E-state index in [1.54, 1.807) is 6.92 Å². The molecular weight excluding hydrogens is 132 g/mol. The van der Waals surface area contributed by atoms with E-state index in [1.807, 2.05) is 13.8 Å². The Bertz CT molecular complexity index is 109. The second-order valence-electron chi connectivity index (χ2n) is 2.46. The highest BCUT2D eigenvalue weighted by atomic mass is 16.5. The highest BCUT2D eigenvalue weighted by molar-refractivity contribution is 5.72. The molecule has 0 radical (unpaired) electrons. The normalized spacial score (nSPS) is 13.6. The lowest BCUT2D eigenvalue weighted by molar-refractivity contribution is -0.153. The summed E-state index contributed by atoms with van der Waals surface area (Å²) in [6, 6.07) is 0. The maximum absolute atomic E-state index is 10.4. The topological polar surface area (TPSA) is 46.5 Å². The summed E-state index contributed by atoms with van der Waals surface area (Å²) in [5, 5.41) is 8.55. The van der Waals surface area contributed by atoms with Gasteiger partial charge in [0.25, 0.3) is 0 Å². The van der Waals surface area contributed by atoms with Crippen molar-refractivity contribution in [2.24, 2.45) is 5.92 Å². The molecule has 0 aliphatic carbocycles. The third kappa shape index (κ3) is 2.82. The molecule has 0 aromatic heterocycles. The zero-order chi connectivity index (χ0) is 8.15. The van der Waals surface area contributed by atoms with Gasteiger partial charge in [-0.1, -0.05) is 13.8 Å². The van der Waals surface area contributed by atoms with Gasteiger partial charge >= 0.3 is 5.97 Å². The third-order valence-electron chi connectivity index (χ3n) is 1.20. The summed E-state index contributed by atoms with van der Waals surface area (Å²) in [4.78, 5) is 10.4. The number of hydrogen-bond acceptors (Lipinski definition) is 2. The van der Waals surface area contributed by atoms with Crippen molar-refractivity contribution in [3.8, 4) is 0 Å². The predicted molar refractivity (Wildman–Crippen MR) is 37.9 cm³/mol. The number of rotatable bonds is 4. The Labute approximate surface area is 61.0 Å². The fourth-order valence-electron chi connectivity index (χ4n) is 0.728. The van der Waals surface area contributed by atoms with Gasteiger partial charge in [-0.25, -0.2) is 4.79 Å². The molecule has 0 heterocycles. The van der Waals surface area contributed by atoms with Gasteiger partial charge in [-0.2, -0.15) is 0 Å². The van der Waals surface area contributed by atoms with Crippen molar-refractivity contribution < 1.29 is 14.6 Å². The van der Waals surface area contributed by atoms with E-state index in [2.05, 4.69) is 0 Å². The van der Waals surface area contributed by atoms with Crippen LogP contribution in [0.1, 0.15) is 20.8 Å². The lowest BCUT2D eigenvalue weighted by Gasteiger charge is -2.15. The van der Waals surface area contributed by atoms with Crippen molar-refractivity contribution in [2.75, 3.05) is 6.61 Å². The van der Waals surface area contributed by atoms with Crippen LogP contribution in [0.4, 0.5) is 0 Å². The first-order chi connectivity index (χ1) is 4.59. The molecule has 0 unspecified atom stereocenters. The first kappa shape index (κ1) is 9.43. The molecule has 0 saturated heterocycles. The maximum Gasteiger partial charge on any atom is 0.333 e. The fourth-order valence-corrected chi connectivity index (χ4v) is 0.728. The number of carboxylic acid groups (broad SMARTS) is 1. The standard InChI is InChI=1S/C7H14O3/c1-4-10-6(5(2)3)7(8)9/h5-6H,4H2,1-3H3,(H,8,9)/t6-/m1/s1. The van der Waals surface area contributed by atoms with Crippen LogP contribution < -0.4 is 0 Å². The number of ether oxygens (including phenoxy) is 1. The molecule has 0 aliphatic heterocycles. The number of carbonyl (C=O) groups is 1. The first-order valence-corrected chi connectivity index (χ1v) is 3.44. The van der Waals surface area contributed by atoms with Gasteiger partial charge in [0.2, 0.25) is 0 Å². The van der Waals surface area contributed by atoms with Crippen LogP contribution in [-0.4, -0.2) is 23.8 Å². The van der Waals surface area contributed by atoms with Crippen LogP contribution in [0, 0.1) is 5.92 Å². The number of aliphatic carboxylic acids is 1. The monoisotopic (exact) mass is 146 g/mol. The lowest BCUT2D eigenvalue weighted by atomic mass is 10.1. The Hall–Kier alpha value is -0.570. The van der Waals surface area contributed by atoms with E-state index in [0.717, 1.165) is 0 Å². The molecule has 0 amide bonds. The Morgan fingerprint density at radius 2 is 2.10 bits per heavy atom. The fraction of sp³-hybridized carbons (Fsp3) is 0.857. The summed E-state index contributed by atoms with van der Waals surface area (Å²) in [5.41, 5.74) is 0. The van der Waals surface area contributed by atoms with E-state index < -0.39 is 12.1 Å². The molecule has 60 valence electrons. The second-order valence-corrected chi connectivity index (χ2v) is 2.46. The minimum absolute atomic E-state index is 0.0393. The maximum atomic E-state index is 10.4. The Morgan fingerprint density at radius 3 is 2.20 bits per heavy atom. The van der Waals surface area contributed by atoms with Crippen molar-refractivity contribution in [1.29, 1.82) is 0 Å². The summed E-state index contributed by atoms with van der Waals surface area (Å²) in [5.74, 6) is -0.839. The average molecular weight is 146 g/mol. The highest BCUT2D eigenvalue weighted by Crippen LogP contribution is 2.05. The van der Waals surface area contributed by atoms with E-state index in [-0.39, 0.29) is 5.92 Å². The van der Waals surface area contributed by atoms with Crippen molar-refractivity contribution in [2.45, 2.75) is 26.9 Å². The summed E-state index contributed by atoms with van der Waals surface area (Å²) in [6.07, 6.45) is -0.648. The van der Waals surface area contributed by atoms with Crippen molar-refractivity contribution in [3.05, 3.63) is 0 Å². The van der Waals surface area contributed by atoms with Gasteiger partial charge in [-0.05, 0) is 12.8 Å². The molecule has 0 bridgehead atoms. The van der Waals surface area contributed by atoms with E-state index in [1.165, 1.54) is 0 Å². The third-order valence-corrected chi connectivity index (χ3v) is 1.20. The van der Waals surface area contributed by atoms with Gasteiger partial charge in [0.1, 0.15) is 0 Å². The molecule has 0 saturated carbocycles. The van der Waals surface area contributed by atoms with E-state index in [4.69, 9.17) is 9.84 Å². The van der Waals surface area contributed by atoms with Crippen LogP contribution in [0.3, 0.4) is 0 Å². The van der Waals surface area contributed by atoms with Crippen LogP contribution >= 0.6 is 0 Å². The quantitative estimate of drug-likeness (QED) is 0.646. The molecule has 10 heavy (non-hydrogen) atoms. The van der Waals surface area contributed by atoms with Gasteiger partial charge in [-0.3, -0.25) is 0 Å². The summed E-state index contributed by atoms with van der Waals surface area (Å²) < 4.78 is 4.97. The molecule has 0 aromatic carbocycles. The molecule has 1 atom stereocenters. The molecule has 0 fully saturated rings. The smallest absolute Gasteiger partial charge is 0.333 e. The molecule has 3 nitrogen and oxygen atoms in total. The van der Waals surface area contributed by atoms with Crippen molar-refractivity contribution in [3.63, 3.8) is 0 Å². The van der Waals surface area contributed by atoms with Crippen LogP contribution in [0.5, 0.6) is 0 Å². The second kappa shape index (κ2) is 4.28. The predicted octanol–water partition coefficient (Wildman–Crippen LogP) is 1.13. The van der Waals surface area contributed by atoms with Gasteiger partial charge in [0.05, 0.1) is 0 Å². The van der Waals surface area contributed by atoms with Crippen LogP contribution in [0.2, 0.25) is 0 Å². The van der Waals surface area contributed by atoms with Gasteiger partial charge in [0, 0.05) is 6.61 Å². The van der Waals surface area contributed by atoms with Crippen LogP contribution in [0.25, 0.3) is 0 Å². The number of carboxylic acids is 1. The number of hydrogen-bond donors (Lipinski definition) is 1. The minimum Gasteiger partial charge on any atom is -0.479 e. The minimum atomic E-state index is -0.878.